The first-order valence-corrected chi connectivity index (χ1v) is 10.8. The zero-order chi connectivity index (χ0) is 24.6. The number of rotatable bonds is 5. The van der Waals surface area contributed by atoms with E-state index >= 15 is 0 Å². The van der Waals surface area contributed by atoms with Crippen molar-refractivity contribution in [3.8, 4) is 6.07 Å². The second kappa shape index (κ2) is 9.04. The van der Waals surface area contributed by atoms with Gasteiger partial charge >= 0.3 is 5.97 Å². The van der Waals surface area contributed by atoms with E-state index in [-0.39, 0.29) is 58.2 Å². The number of carboxylic acid groups (broad SMARTS) is 1. The van der Waals surface area contributed by atoms with Gasteiger partial charge in [-0.25, -0.2) is 23.5 Å². The molecule has 34 heavy (non-hydrogen) atoms. The molecule has 1 aliphatic heterocycles. The number of hydrogen-bond donors (Lipinski definition) is 2. The number of alkyl halides is 2. The number of anilines is 2. The highest BCUT2D eigenvalue weighted by Crippen LogP contribution is 2.31. The van der Waals surface area contributed by atoms with E-state index < -0.39 is 30.3 Å². The molecular weight excluding hydrogens is 493 g/mol. The minimum Gasteiger partial charge on any atom is -0.476 e. The molecule has 0 amide bonds. The number of halogens is 4. The first-order chi connectivity index (χ1) is 16.1. The molecule has 4 rings (SSSR count). The van der Waals surface area contributed by atoms with Crippen LogP contribution in [0.25, 0.3) is 5.65 Å². The van der Waals surface area contributed by atoms with Crippen LogP contribution in [0.5, 0.6) is 0 Å². The van der Waals surface area contributed by atoms with Crippen molar-refractivity contribution in [2.45, 2.75) is 25.3 Å². The SMILES string of the molecule is N#Cc1c(N2CCC(F)(F)CC2)nc2c(CNc3ccc(Cl)nc3C(=O)O)cc(Cl)cn2c1=O. The van der Waals surface area contributed by atoms with E-state index in [0.29, 0.717) is 5.56 Å². The summed E-state index contributed by atoms with van der Waals surface area (Å²) in [7, 11) is 0. The number of carboxylic acids is 1. The molecule has 3 aromatic heterocycles. The Labute approximate surface area is 201 Å². The lowest BCUT2D eigenvalue weighted by molar-refractivity contribution is -0.0221. The highest BCUT2D eigenvalue weighted by molar-refractivity contribution is 6.30. The summed E-state index contributed by atoms with van der Waals surface area (Å²) in [6.07, 6.45) is 0.461. The maximum Gasteiger partial charge on any atom is 0.356 e. The van der Waals surface area contributed by atoms with Gasteiger partial charge in [0.05, 0.1) is 10.7 Å². The first-order valence-electron chi connectivity index (χ1n) is 10.0. The Hall–Kier alpha value is -3.49. The van der Waals surface area contributed by atoms with E-state index in [1.165, 1.54) is 29.3 Å². The average Bonchev–Trinajstić information content (AvgIpc) is 2.78. The maximum atomic E-state index is 13.6. The van der Waals surface area contributed by atoms with Gasteiger partial charge < -0.3 is 15.3 Å². The van der Waals surface area contributed by atoms with Crippen molar-refractivity contribution in [1.82, 2.24) is 14.4 Å². The number of aromatic nitrogens is 3. The number of piperidine rings is 1. The number of nitrogens with zero attached hydrogens (tertiary/aromatic N) is 5. The van der Waals surface area contributed by atoms with E-state index in [2.05, 4.69) is 15.3 Å². The molecule has 13 heteroatoms. The fourth-order valence-corrected chi connectivity index (χ4v) is 4.07. The van der Waals surface area contributed by atoms with Crippen LogP contribution in [0, 0.1) is 11.3 Å². The number of nitrogens with one attached hydrogen (secondary N) is 1. The first kappa shape index (κ1) is 23.7. The van der Waals surface area contributed by atoms with Crippen LogP contribution in [0.3, 0.4) is 0 Å². The smallest absolute Gasteiger partial charge is 0.356 e. The molecule has 0 spiro atoms. The largest absolute Gasteiger partial charge is 0.476 e. The summed E-state index contributed by atoms with van der Waals surface area (Å²) in [6, 6.07) is 6.21. The lowest BCUT2D eigenvalue weighted by Crippen LogP contribution is -2.41. The van der Waals surface area contributed by atoms with Crippen LogP contribution in [0.1, 0.15) is 34.5 Å². The van der Waals surface area contributed by atoms with Crippen molar-refractivity contribution in [3.63, 3.8) is 0 Å². The minimum atomic E-state index is -2.81. The summed E-state index contributed by atoms with van der Waals surface area (Å²) in [5, 5.41) is 22.1. The van der Waals surface area contributed by atoms with Crippen LogP contribution in [-0.2, 0) is 6.54 Å². The van der Waals surface area contributed by atoms with Crippen LogP contribution < -0.4 is 15.8 Å². The molecule has 3 aromatic rings. The molecule has 0 unspecified atom stereocenters. The predicted molar refractivity (Wildman–Crippen MR) is 121 cm³/mol. The second-order valence-corrected chi connectivity index (χ2v) is 8.46. The van der Waals surface area contributed by atoms with Crippen LogP contribution in [0.15, 0.2) is 29.2 Å². The highest BCUT2D eigenvalue weighted by Gasteiger charge is 2.35. The Bertz CT molecular complexity index is 1400. The Balaban J connectivity index is 1.78. The van der Waals surface area contributed by atoms with Crippen LogP contribution in [0.2, 0.25) is 10.2 Å². The molecule has 0 saturated carbocycles. The zero-order valence-electron chi connectivity index (χ0n) is 17.4. The topological polar surface area (TPSA) is 124 Å². The van der Waals surface area contributed by atoms with E-state index in [0.717, 1.165) is 4.40 Å². The summed E-state index contributed by atoms with van der Waals surface area (Å²) in [6.45, 7) is -0.142. The Kier molecular flexibility index (Phi) is 6.29. The summed E-state index contributed by atoms with van der Waals surface area (Å²) < 4.78 is 28.4. The Morgan fingerprint density at radius 3 is 2.62 bits per heavy atom. The molecule has 1 fully saturated rings. The van der Waals surface area contributed by atoms with Crippen LogP contribution in [-0.4, -0.2) is 44.5 Å². The third-order valence-corrected chi connectivity index (χ3v) is 5.80. The summed E-state index contributed by atoms with van der Waals surface area (Å²) in [5.41, 5.74) is -0.548. The second-order valence-electron chi connectivity index (χ2n) is 7.64. The van der Waals surface area contributed by atoms with Crippen LogP contribution >= 0.6 is 23.2 Å². The monoisotopic (exact) mass is 508 g/mol. The molecular formula is C21H16Cl2F2N6O3. The molecule has 1 saturated heterocycles. The number of fused-ring (bicyclic) bond motifs is 1. The molecule has 9 nitrogen and oxygen atoms in total. The van der Waals surface area contributed by atoms with Gasteiger partial charge in [0.1, 0.15) is 16.9 Å². The Morgan fingerprint density at radius 1 is 1.26 bits per heavy atom. The molecule has 0 aliphatic carbocycles. The van der Waals surface area contributed by atoms with E-state index in [4.69, 9.17) is 23.2 Å². The van der Waals surface area contributed by atoms with Crippen molar-refractivity contribution < 1.29 is 18.7 Å². The lowest BCUT2D eigenvalue weighted by Gasteiger charge is -2.33. The summed E-state index contributed by atoms with van der Waals surface area (Å²) >= 11 is 12.0. The van der Waals surface area contributed by atoms with Gasteiger partial charge in [-0.05, 0) is 18.2 Å². The molecule has 4 heterocycles. The zero-order valence-corrected chi connectivity index (χ0v) is 18.9. The molecule has 0 atom stereocenters. The van der Waals surface area contributed by atoms with Crippen molar-refractivity contribution >= 4 is 46.3 Å². The van der Waals surface area contributed by atoms with Gasteiger partial charge in [0.25, 0.3) is 11.5 Å². The van der Waals surface area contributed by atoms with E-state index in [1.807, 2.05) is 6.07 Å². The van der Waals surface area contributed by atoms with Gasteiger partial charge in [0.2, 0.25) is 0 Å². The van der Waals surface area contributed by atoms with Crippen LogP contribution in [0.4, 0.5) is 20.3 Å². The predicted octanol–water partition coefficient (Wildman–Crippen LogP) is 3.81. The van der Waals surface area contributed by atoms with E-state index in [9.17, 15) is 28.7 Å². The fraction of sp³-hybridized carbons (Fsp3) is 0.286. The van der Waals surface area contributed by atoms with Crippen molar-refractivity contribution in [3.05, 3.63) is 61.7 Å². The van der Waals surface area contributed by atoms with Gasteiger partial charge in [-0.1, -0.05) is 23.2 Å². The highest BCUT2D eigenvalue weighted by atomic mass is 35.5. The normalized spacial score (nSPS) is 15.2. The Morgan fingerprint density at radius 2 is 1.97 bits per heavy atom. The molecule has 176 valence electrons. The fourth-order valence-electron chi connectivity index (χ4n) is 3.69. The van der Waals surface area contributed by atoms with Crippen molar-refractivity contribution in [1.29, 1.82) is 5.26 Å². The number of aromatic carboxylic acids is 1. The number of pyridine rings is 2. The third-order valence-electron chi connectivity index (χ3n) is 5.39. The van der Waals surface area contributed by atoms with Gasteiger partial charge in [-0.15, -0.1) is 0 Å². The third kappa shape index (κ3) is 4.60. The van der Waals surface area contributed by atoms with Gasteiger partial charge in [0, 0.05) is 44.2 Å². The molecule has 0 bridgehead atoms. The minimum absolute atomic E-state index is 0.00478. The quantitative estimate of drug-likeness (QED) is 0.498. The van der Waals surface area contributed by atoms with Crippen molar-refractivity contribution in [2.24, 2.45) is 0 Å². The number of nitriles is 1. The molecule has 0 aromatic carbocycles. The van der Waals surface area contributed by atoms with E-state index in [1.54, 1.807) is 0 Å². The van der Waals surface area contributed by atoms with Crippen molar-refractivity contribution in [2.75, 3.05) is 23.3 Å². The molecule has 0 radical (unpaired) electrons. The summed E-state index contributed by atoms with van der Waals surface area (Å²) in [4.78, 5) is 34.3. The summed E-state index contributed by atoms with van der Waals surface area (Å²) in [5.74, 6) is -4.09. The number of carbonyl (C=O) groups is 1. The standard InChI is InChI=1S/C21H16Cl2F2N6O3/c22-12-7-11(9-27-14-1-2-15(23)28-16(14)20(33)34)17-29-18(13(8-26)19(32)31(17)10-12)30-5-3-21(24,25)4-6-30/h1-2,7,10,27H,3-6,9H2,(H,33,34). The van der Waals surface area contributed by atoms with Gasteiger partial charge in [-0.3, -0.25) is 9.20 Å². The average molecular weight is 509 g/mol. The van der Waals surface area contributed by atoms with Gasteiger partial charge in [0.15, 0.2) is 17.1 Å². The lowest BCUT2D eigenvalue weighted by atomic mass is 10.1. The number of hydrogen-bond acceptors (Lipinski definition) is 7. The van der Waals surface area contributed by atoms with Gasteiger partial charge in [-0.2, -0.15) is 5.26 Å². The molecule has 2 N–H and O–H groups in total. The maximum absolute atomic E-state index is 13.6. The molecule has 1 aliphatic rings.